The zero-order valence-electron chi connectivity index (χ0n) is 17.8. The second-order valence-electron chi connectivity index (χ2n) is 7.62. The molecule has 3 aromatic heterocycles. The summed E-state index contributed by atoms with van der Waals surface area (Å²) in [5, 5.41) is 11.4. The van der Waals surface area contributed by atoms with E-state index in [9.17, 15) is 4.79 Å². The molecule has 0 unspecified atom stereocenters. The molecule has 3 heterocycles. The van der Waals surface area contributed by atoms with E-state index in [-0.39, 0.29) is 6.03 Å². The van der Waals surface area contributed by atoms with Crippen LogP contribution in [0.3, 0.4) is 0 Å². The lowest BCUT2D eigenvalue weighted by Gasteiger charge is -2.12. The lowest BCUT2D eigenvalue weighted by molar-refractivity contribution is 0.254. The van der Waals surface area contributed by atoms with Gasteiger partial charge in [0.25, 0.3) is 0 Å². The number of rotatable bonds is 5. The SMILES string of the molecule is CCn1ncc(-c2ccnc3[nH]ccc23)c1-c1ccc(NC(=O)NC2=CCCC=C2)cc1. The van der Waals surface area contributed by atoms with Crippen LogP contribution in [-0.4, -0.2) is 25.8 Å². The molecule has 1 aliphatic carbocycles. The molecule has 0 saturated carbocycles. The molecule has 0 saturated heterocycles. The number of carbonyl (C=O) groups excluding carboxylic acids is 1. The summed E-state index contributed by atoms with van der Waals surface area (Å²) in [6.45, 7) is 2.83. The quantitative estimate of drug-likeness (QED) is 0.397. The fourth-order valence-electron chi connectivity index (χ4n) is 4.03. The molecule has 32 heavy (non-hydrogen) atoms. The fraction of sp³-hybridized carbons (Fsp3) is 0.160. The molecule has 7 nitrogen and oxygen atoms in total. The minimum Gasteiger partial charge on any atom is -0.346 e. The monoisotopic (exact) mass is 424 g/mol. The third-order valence-electron chi connectivity index (χ3n) is 5.56. The van der Waals surface area contributed by atoms with Gasteiger partial charge in [-0.25, -0.2) is 9.78 Å². The highest BCUT2D eigenvalue weighted by atomic mass is 16.2. The number of amides is 2. The van der Waals surface area contributed by atoms with Crippen LogP contribution in [0.15, 0.2) is 78.9 Å². The second-order valence-corrected chi connectivity index (χ2v) is 7.62. The summed E-state index contributed by atoms with van der Waals surface area (Å²) in [5.41, 5.74) is 6.61. The average Bonchev–Trinajstić information content (AvgIpc) is 3.47. The zero-order valence-corrected chi connectivity index (χ0v) is 17.8. The number of urea groups is 1. The van der Waals surface area contributed by atoms with E-state index < -0.39 is 0 Å². The summed E-state index contributed by atoms with van der Waals surface area (Å²) in [4.78, 5) is 19.9. The van der Waals surface area contributed by atoms with E-state index in [0.717, 1.165) is 64.2 Å². The van der Waals surface area contributed by atoms with Gasteiger partial charge in [-0.1, -0.05) is 24.3 Å². The average molecular weight is 425 g/mol. The van der Waals surface area contributed by atoms with Crippen molar-refractivity contribution in [1.29, 1.82) is 0 Å². The van der Waals surface area contributed by atoms with Gasteiger partial charge in [-0.15, -0.1) is 0 Å². The molecular weight excluding hydrogens is 400 g/mol. The van der Waals surface area contributed by atoms with Crippen LogP contribution in [0.4, 0.5) is 10.5 Å². The van der Waals surface area contributed by atoms with Gasteiger partial charge in [0.2, 0.25) is 0 Å². The maximum Gasteiger partial charge on any atom is 0.323 e. The van der Waals surface area contributed by atoms with Gasteiger partial charge in [0, 0.05) is 46.8 Å². The van der Waals surface area contributed by atoms with E-state index >= 15 is 0 Å². The molecule has 0 spiro atoms. The van der Waals surface area contributed by atoms with Crippen molar-refractivity contribution >= 4 is 22.8 Å². The van der Waals surface area contributed by atoms with Crippen molar-refractivity contribution in [3.05, 3.63) is 78.9 Å². The van der Waals surface area contributed by atoms with Crippen molar-refractivity contribution in [2.75, 3.05) is 5.32 Å². The van der Waals surface area contributed by atoms with Crippen molar-refractivity contribution in [2.45, 2.75) is 26.3 Å². The van der Waals surface area contributed by atoms with E-state index in [1.165, 1.54) is 0 Å². The Labute approximate surface area is 185 Å². The van der Waals surface area contributed by atoms with Crippen LogP contribution >= 0.6 is 0 Å². The van der Waals surface area contributed by atoms with Gasteiger partial charge in [-0.05, 0) is 55.7 Å². The van der Waals surface area contributed by atoms with Gasteiger partial charge in [0.1, 0.15) is 5.65 Å². The maximum atomic E-state index is 12.3. The van der Waals surface area contributed by atoms with E-state index in [1.54, 1.807) is 0 Å². The third-order valence-corrected chi connectivity index (χ3v) is 5.56. The predicted molar refractivity (Wildman–Crippen MR) is 127 cm³/mol. The van der Waals surface area contributed by atoms with E-state index in [2.05, 4.69) is 38.7 Å². The molecule has 7 heteroatoms. The summed E-state index contributed by atoms with van der Waals surface area (Å²) >= 11 is 0. The van der Waals surface area contributed by atoms with Crippen molar-refractivity contribution in [3.63, 3.8) is 0 Å². The predicted octanol–water partition coefficient (Wildman–Crippen LogP) is 5.47. The van der Waals surface area contributed by atoms with Gasteiger partial charge in [0.15, 0.2) is 0 Å². The molecule has 0 atom stereocenters. The Morgan fingerprint density at radius 1 is 1.09 bits per heavy atom. The van der Waals surface area contributed by atoms with Crippen LogP contribution in [-0.2, 0) is 6.54 Å². The highest BCUT2D eigenvalue weighted by Crippen LogP contribution is 2.35. The topological polar surface area (TPSA) is 87.6 Å². The molecule has 5 rings (SSSR count). The number of H-pyrrole nitrogens is 1. The molecule has 0 fully saturated rings. The Morgan fingerprint density at radius 2 is 1.97 bits per heavy atom. The fourth-order valence-corrected chi connectivity index (χ4v) is 4.03. The molecule has 1 aliphatic rings. The molecule has 0 bridgehead atoms. The number of allylic oxidation sites excluding steroid dienone is 3. The molecule has 0 aliphatic heterocycles. The number of aromatic amines is 1. The number of nitrogens with one attached hydrogen (secondary N) is 3. The number of carbonyl (C=O) groups is 1. The number of hydrogen-bond acceptors (Lipinski definition) is 3. The standard InChI is InChI=1S/C25H24N6O/c1-2-31-23(22(16-28-31)20-12-14-26-24-21(20)13-15-27-24)17-8-10-19(11-9-17)30-25(32)29-18-6-4-3-5-7-18/h4,6-16H,2-3,5H2,1H3,(H,26,27)(H2,29,30,32). The Hall–Kier alpha value is -4.13. The molecule has 3 N–H and O–H groups in total. The number of pyridine rings is 1. The van der Waals surface area contributed by atoms with Gasteiger partial charge in [0.05, 0.1) is 11.9 Å². The van der Waals surface area contributed by atoms with Crippen LogP contribution in [0.25, 0.3) is 33.4 Å². The largest absolute Gasteiger partial charge is 0.346 e. The number of fused-ring (bicyclic) bond motifs is 1. The first-order valence-electron chi connectivity index (χ1n) is 10.8. The van der Waals surface area contributed by atoms with Crippen molar-refractivity contribution in [1.82, 2.24) is 25.1 Å². The molecule has 160 valence electrons. The Kier molecular flexibility index (Phi) is 5.29. The smallest absolute Gasteiger partial charge is 0.323 e. The molecule has 4 aromatic rings. The van der Waals surface area contributed by atoms with Gasteiger partial charge >= 0.3 is 6.03 Å². The highest BCUT2D eigenvalue weighted by molar-refractivity contribution is 5.97. The van der Waals surface area contributed by atoms with Crippen molar-refractivity contribution in [2.24, 2.45) is 0 Å². The normalized spacial score (nSPS) is 13.2. The summed E-state index contributed by atoms with van der Waals surface area (Å²) in [5.74, 6) is 0. The van der Waals surface area contributed by atoms with Gasteiger partial charge in [-0.3, -0.25) is 4.68 Å². The van der Waals surface area contributed by atoms with Crippen LogP contribution < -0.4 is 10.6 Å². The van der Waals surface area contributed by atoms with Crippen LogP contribution in [0.5, 0.6) is 0 Å². The summed E-state index contributed by atoms with van der Waals surface area (Å²) in [6.07, 6.45) is 13.6. The van der Waals surface area contributed by atoms with E-state index in [0.29, 0.717) is 0 Å². The molecular formula is C25H24N6O. The number of aromatic nitrogens is 4. The van der Waals surface area contributed by atoms with E-state index in [1.807, 2.05) is 71.8 Å². The molecule has 2 amide bonds. The maximum absolute atomic E-state index is 12.3. The lowest BCUT2D eigenvalue weighted by atomic mass is 10.00. The summed E-state index contributed by atoms with van der Waals surface area (Å²) < 4.78 is 1.99. The first-order valence-corrected chi connectivity index (χ1v) is 10.8. The molecule has 1 aromatic carbocycles. The zero-order chi connectivity index (χ0) is 21.9. The minimum absolute atomic E-state index is 0.249. The number of anilines is 1. The van der Waals surface area contributed by atoms with Crippen LogP contribution in [0.2, 0.25) is 0 Å². The Balaban J connectivity index is 1.42. The van der Waals surface area contributed by atoms with Crippen LogP contribution in [0, 0.1) is 0 Å². The Bertz CT molecular complexity index is 1330. The first-order chi connectivity index (χ1) is 15.7. The first kappa shape index (κ1) is 19.8. The number of hydrogen-bond donors (Lipinski definition) is 3. The highest BCUT2D eigenvalue weighted by Gasteiger charge is 2.17. The third kappa shape index (κ3) is 3.80. The lowest BCUT2D eigenvalue weighted by Crippen LogP contribution is -2.27. The number of benzene rings is 1. The number of aryl methyl sites for hydroxylation is 1. The number of nitrogens with zero attached hydrogens (tertiary/aromatic N) is 3. The summed E-state index contributed by atoms with van der Waals surface area (Å²) in [6, 6.07) is 11.7. The second kappa shape index (κ2) is 8.55. The van der Waals surface area contributed by atoms with Gasteiger partial charge in [-0.2, -0.15) is 5.10 Å². The molecule has 0 radical (unpaired) electrons. The van der Waals surface area contributed by atoms with Crippen molar-refractivity contribution in [3.8, 4) is 22.4 Å². The summed E-state index contributed by atoms with van der Waals surface area (Å²) in [7, 11) is 0. The minimum atomic E-state index is -0.249. The Morgan fingerprint density at radius 3 is 2.75 bits per heavy atom. The van der Waals surface area contributed by atoms with Gasteiger partial charge < -0.3 is 15.6 Å². The van der Waals surface area contributed by atoms with Crippen molar-refractivity contribution < 1.29 is 4.79 Å². The van der Waals surface area contributed by atoms with Crippen LogP contribution in [0.1, 0.15) is 19.8 Å². The van der Waals surface area contributed by atoms with E-state index in [4.69, 9.17) is 0 Å².